The van der Waals surface area contributed by atoms with Crippen LogP contribution in [0.3, 0.4) is 0 Å². The van der Waals surface area contributed by atoms with Gasteiger partial charge in [0.25, 0.3) is 5.91 Å². The highest BCUT2D eigenvalue weighted by Gasteiger charge is 2.35. The van der Waals surface area contributed by atoms with Crippen molar-refractivity contribution in [1.29, 1.82) is 0 Å². The quantitative estimate of drug-likeness (QED) is 0.360. The molecule has 1 aromatic heterocycles. The van der Waals surface area contributed by atoms with E-state index in [1.54, 1.807) is 41.2 Å². The van der Waals surface area contributed by atoms with E-state index in [1.807, 2.05) is 24.3 Å². The number of methoxy groups -OCH3 is 1. The van der Waals surface area contributed by atoms with Gasteiger partial charge in [-0.2, -0.15) is 5.10 Å². The van der Waals surface area contributed by atoms with Gasteiger partial charge in [0.05, 0.1) is 12.8 Å². The Morgan fingerprint density at radius 2 is 1.62 bits per heavy atom. The molecule has 9 nitrogen and oxygen atoms in total. The molecular weight excluding hydrogens is 472 g/mol. The maximum Gasteiger partial charge on any atom is 0.359 e. The summed E-state index contributed by atoms with van der Waals surface area (Å²) < 4.78 is 12.0. The molecule has 0 aliphatic carbocycles. The lowest BCUT2D eigenvalue weighted by atomic mass is 10.0. The van der Waals surface area contributed by atoms with Crippen LogP contribution in [0, 0.1) is 0 Å². The molecule has 2 aliphatic rings. The average molecular weight is 501 g/mol. The highest BCUT2D eigenvalue weighted by Crippen LogP contribution is 2.31. The van der Waals surface area contributed by atoms with Crippen molar-refractivity contribution < 1.29 is 23.9 Å². The van der Waals surface area contributed by atoms with Crippen LogP contribution in [0.1, 0.15) is 45.8 Å². The van der Waals surface area contributed by atoms with Crippen LogP contribution in [0.4, 0.5) is 11.4 Å². The summed E-state index contributed by atoms with van der Waals surface area (Å²) in [6.07, 6.45) is 4.37. The van der Waals surface area contributed by atoms with Crippen LogP contribution in [0.2, 0.25) is 0 Å². The third kappa shape index (κ3) is 4.60. The minimum atomic E-state index is -0.597. The number of rotatable bonds is 7. The summed E-state index contributed by atoms with van der Waals surface area (Å²) in [5.41, 5.74) is 3.16. The lowest BCUT2D eigenvalue weighted by Crippen LogP contribution is -2.39. The van der Waals surface area contributed by atoms with E-state index < -0.39 is 5.97 Å². The number of carbonyl (C=O) groups excluding carboxylic acids is 3. The Labute approximate surface area is 214 Å². The topological polar surface area (TPSA) is 94.0 Å². The minimum Gasteiger partial charge on any atom is -0.497 e. The summed E-state index contributed by atoms with van der Waals surface area (Å²) in [6, 6.07) is 14.6. The van der Waals surface area contributed by atoms with Crippen molar-refractivity contribution >= 4 is 29.2 Å². The number of hydrogen-bond acceptors (Lipinski definition) is 6. The molecule has 3 aromatic rings. The number of hydrogen-bond donors (Lipinski definition) is 0. The summed E-state index contributed by atoms with van der Waals surface area (Å²) in [5, 5.41) is 4.51. The third-order valence-electron chi connectivity index (χ3n) is 6.66. The van der Waals surface area contributed by atoms with Gasteiger partial charge in [0.1, 0.15) is 18.1 Å². The Kier molecular flexibility index (Phi) is 6.76. The second-order valence-electron chi connectivity index (χ2n) is 8.90. The van der Waals surface area contributed by atoms with Gasteiger partial charge in [0.2, 0.25) is 5.91 Å². The first kappa shape index (κ1) is 24.3. The summed E-state index contributed by atoms with van der Waals surface area (Å²) >= 11 is 0. The van der Waals surface area contributed by atoms with E-state index in [0.29, 0.717) is 54.3 Å². The first-order valence-electron chi connectivity index (χ1n) is 12.3. The summed E-state index contributed by atoms with van der Waals surface area (Å²) in [5.74, 6) is -0.0816. The number of nitrogens with zero attached hydrogens (tertiary/aromatic N) is 4. The number of amides is 2. The van der Waals surface area contributed by atoms with Gasteiger partial charge in [0.15, 0.2) is 5.69 Å². The molecule has 0 unspecified atom stereocenters. The predicted molar refractivity (Wildman–Crippen MR) is 139 cm³/mol. The number of aromatic nitrogens is 2. The molecule has 0 atom stereocenters. The SMILES string of the molecule is C=CCOC(=O)c1nn(-c2ccc(OC)cc2)c2c1CCN(c1ccc(N3CCCCC3=O)cc1)C2=O. The Morgan fingerprint density at radius 3 is 2.27 bits per heavy atom. The van der Waals surface area contributed by atoms with E-state index in [1.165, 1.54) is 10.8 Å². The van der Waals surface area contributed by atoms with Gasteiger partial charge in [-0.25, -0.2) is 9.48 Å². The fourth-order valence-electron chi connectivity index (χ4n) is 4.77. The number of fused-ring (bicyclic) bond motifs is 1. The lowest BCUT2D eigenvalue weighted by Gasteiger charge is -2.29. The van der Waals surface area contributed by atoms with Crippen molar-refractivity contribution in [3.63, 3.8) is 0 Å². The molecule has 3 heterocycles. The second kappa shape index (κ2) is 10.3. The van der Waals surface area contributed by atoms with E-state index in [0.717, 1.165) is 18.5 Å². The molecule has 190 valence electrons. The average Bonchev–Trinajstić information content (AvgIpc) is 3.33. The number of ether oxygens (including phenoxy) is 2. The Hall–Kier alpha value is -4.40. The Bertz CT molecular complexity index is 1340. The first-order chi connectivity index (χ1) is 18.0. The summed E-state index contributed by atoms with van der Waals surface area (Å²) in [4.78, 5) is 42.4. The fraction of sp³-hybridized carbons (Fsp3) is 0.286. The van der Waals surface area contributed by atoms with Crippen LogP contribution >= 0.6 is 0 Å². The molecule has 2 aliphatic heterocycles. The van der Waals surface area contributed by atoms with E-state index in [9.17, 15) is 14.4 Å². The minimum absolute atomic E-state index is 0.0505. The number of benzene rings is 2. The molecule has 0 N–H and O–H groups in total. The van der Waals surface area contributed by atoms with E-state index in [-0.39, 0.29) is 24.1 Å². The van der Waals surface area contributed by atoms with Crippen LogP contribution in [0.5, 0.6) is 5.75 Å². The molecule has 0 saturated carbocycles. The molecule has 1 fully saturated rings. The van der Waals surface area contributed by atoms with Gasteiger partial charge in [-0.3, -0.25) is 9.59 Å². The zero-order chi connectivity index (χ0) is 25.9. The molecule has 1 saturated heterocycles. The smallest absolute Gasteiger partial charge is 0.359 e. The van der Waals surface area contributed by atoms with Gasteiger partial charge < -0.3 is 19.3 Å². The van der Waals surface area contributed by atoms with Crippen LogP contribution in [-0.4, -0.2) is 54.4 Å². The monoisotopic (exact) mass is 500 g/mol. The maximum absolute atomic E-state index is 13.8. The van der Waals surface area contributed by atoms with Crippen LogP contribution in [0.25, 0.3) is 5.69 Å². The van der Waals surface area contributed by atoms with Crippen LogP contribution < -0.4 is 14.5 Å². The van der Waals surface area contributed by atoms with Gasteiger partial charge in [-0.15, -0.1) is 0 Å². The van der Waals surface area contributed by atoms with Crippen molar-refractivity contribution in [3.8, 4) is 11.4 Å². The summed E-state index contributed by atoms with van der Waals surface area (Å²) in [7, 11) is 1.58. The first-order valence-corrected chi connectivity index (χ1v) is 12.3. The summed E-state index contributed by atoms with van der Waals surface area (Å²) in [6.45, 7) is 4.72. The highest BCUT2D eigenvalue weighted by atomic mass is 16.5. The van der Waals surface area contributed by atoms with E-state index >= 15 is 0 Å². The molecule has 9 heteroatoms. The predicted octanol–water partition coefficient (Wildman–Crippen LogP) is 3.94. The Morgan fingerprint density at radius 1 is 0.946 bits per heavy atom. The zero-order valence-electron chi connectivity index (χ0n) is 20.7. The largest absolute Gasteiger partial charge is 0.497 e. The van der Waals surface area contributed by atoms with Gasteiger partial charge in [-0.1, -0.05) is 12.7 Å². The molecule has 0 bridgehead atoms. The van der Waals surface area contributed by atoms with Crippen molar-refractivity contribution in [2.24, 2.45) is 0 Å². The van der Waals surface area contributed by atoms with Crippen molar-refractivity contribution in [1.82, 2.24) is 9.78 Å². The van der Waals surface area contributed by atoms with Gasteiger partial charge >= 0.3 is 5.97 Å². The van der Waals surface area contributed by atoms with Crippen LogP contribution in [-0.2, 0) is 16.0 Å². The third-order valence-corrected chi connectivity index (χ3v) is 6.66. The number of esters is 1. The Balaban J connectivity index is 1.50. The normalized spacial score (nSPS) is 15.4. The molecule has 37 heavy (non-hydrogen) atoms. The number of piperidine rings is 1. The molecule has 2 amide bonds. The zero-order valence-corrected chi connectivity index (χ0v) is 20.7. The van der Waals surface area contributed by atoms with Crippen molar-refractivity contribution in [2.75, 3.05) is 36.6 Å². The van der Waals surface area contributed by atoms with E-state index in [4.69, 9.17) is 9.47 Å². The van der Waals surface area contributed by atoms with Gasteiger partial charge in [0, 0.05) is 36.4 Å². The molecule has 0 radical (unpaired) electrons. The number of carbonyl (C=O) groups is 3. The molecule has 2 aromatic carbocycles. The highest BCUT2D eigenvalue weighted by molar-refractivity contribution is 6.09. The standard InChI is InChI=1S/C28H28N4O5/c1-3-18-37-28(35)25-23-15-17-31(20-9-7-19(8-10-20)30-16-5-4-6-24(30)33)27(34)26(23)32(29-25)21-11-13-22(36-2)14-12-21/h3,7-14H,1,4-6,15-18H2,2H3. The lowest BCUT2D eigenvalue weighted by molar-refractivity contribution is -0.119. The fourth-order valence-corrected chi connectivity index (χ4v) is 4.77. The molecular formula is C28H28N4O5. The number of anilines is 2. The van der Waals surface area contributed by atoms with Crippen molar-refractivity contribution in [3.05, 3.63) is 78.1 Å². The molecule has 0 spiro atoms. The van der Waals surface area contributed by atoms with E-state index in [2.05, 4.69) is 11.7 Å². The second-order valence-corrected chi connectivity index (χ2v) is 8.90. The van der Waals surface area contributed by atoms with Crippen LogP contribution in [0.15, 0.2) is 61.2 Å². The van der Waals surface area contributed by atoms with Crippen molar-refractivity contribution in [2.45, 2.75) is 25.7 Å². The maximum atomic E-state index is 13.8. The van der Waals surface area contributed by atoms with Gasteiger partial charge in [-0.05, 0) is 67.8 Å². The molecule has 5 rings (SSSR count).